The zero-order valence-electron chi connectivity index (χ0n) is 11.3. The van der Waals surface area contributed by atoms with Gasteiger partial charge in [0, 0.05) is 70.7 Å². The summed E-state index contributed by atoms with van der Waals surface area (Å²) in [5, 5.41) is 0. The summed E-state index contributed by atoms with van der Waals surface area (Å²) in [6, 6.07) is 0. The maximum atomic E-state index is 5.43. The second-order valence-corrected chi connectivity index (χ2v) is 4.46. The summed E-state index contributed by atoms with van der Waals surface area (Å²) in [5.74, 6) is 0. The smallest absolute Gasteiger partial charge is 0.452 e. The Morgan fingerprint density at radius 3 is 1.12 bits per heavy atom. The molecule has 0 saturated heterocycles. The summed E-state index contributed by atoms with van der Waals surface area (Å²) in [6.07, 6.45) is 0. The fourth-order valence-corrected chi connectivity index (χ4v) is 1.98. The first-order chi connectivity index (χ1) is 7.85. The zero-order valence-corrected chi connectivity index (χ0v) is 14.4. The van der Waals surface area contributed by atoms with Crippen LogP contribution in [0.3, 0.4) is 0 Å². The van der Waals surface area contributed by atoms with E-state index in [0.717, 1.165) is 0 Å². The zero-order chi connectivity index (χ0) is 12.1. The van der Waals surface area contributed by atoms with Gasteiger partial charge < -0.3 is 25.6 Å². The minimum absolute atomic E-state index is 0. The number of hydrogen-bond donors (Lipinski definition) is 0. The Bertz CT molecular complexity index is 119. The van der Waals surface area contributed by atoms with Crippen molar-refractivity contribution in [2.24, 2.45) is 0 Å². The number of methoxy groups -OCH3 is 3. The number of rotatable bonds is 12. The molecule has 0 aromatic carbocycles. The van der Waals surface area contributed by atoms with Crippen molar-refractivity contribution in [3.63, 3.8) is 0 Å². The van der Waals surface area contributed by atoms with Crippen molar-refractivity contribution in [2.45, 2.75) is 0 Å². The SMILES string of the molecule is COCC[O][Al]([O]CCOC)[O]CCOC.[Na]. The van der Waals surface area contributed by atoms with E-state index in [0.29, 0.717) is 39.6 Å². The Morgan fingerprint density at radius 2 is 0.882 bits per heavy atom. The largest absolute Gasteiger partial charge is 0.905 e. The Labute approximate surface area is 131 Å². The van der Waals surface area contributed by atoms with Gasteiger partial charge >= 0.3 is 15.1 Å². The second-order valence-electron chi connectivity index (χ2n) is 2.88. The molecule has 0 atom stereocenters. The molecule has 0 unspecified atom stereocenters. The van der Waals surface area contributed by atoms with Crippen LogP contribution in [0.1, 0.15) is 0 Å². The molecule has 0 N–H and O–H groups in total. The van der Waals surface area contributed by atoms with Crippen LogP contribution in [0, 0.1) is 0 Å². The fraction of sp³-hybridized carbons (Fsp3) is 1.00. The predicted molar refractivity (Wildman–Crippen MR) is 65.0 cm³/mol. The van der Waals surface area contributed by atoms with E-state index in [4.69, 9.17) is 25.6 Å². The van der Waals surface area contributed by atoms with E-state index >= 15 is 0 Å². The van der Waals surface area contributed by atoms with Crippen LogP contribution in [0.2, 0.25) is 0 Å². The Hall–Kier alpha value is 1.29. The van der Waals surface area contributed by atoms with Gasteiger partial charge in [-0.1, -0.05) is 0 Å². The fourth-order valence-electron chi connectivity index (χ4n) is 0.827. The summed E-state index contributed by atoms with van der Waals surface area (Å²) >= 11 is -2.07. The molecule has 97 valence electrons. The molecule has 1 radical (unpaired) electrons. The summed E-state index contributed by atoms with van der Waals surface area (Å²) in [5.41, 5.74) is 0. The van der Waals surface area contributed by atoms with Gasteiger partial charge in [-0.05, 0) is 0 Å². The van der Waals surface area contributed by atoms with Gasteiger partial charge in [0.15, 0.2) is 0 Å². The van der Waals surface area contributed by atoms with Crippen molar-refractivity contribution in [1.82, 2.24) is 0 Å². The molecule has 0 fully saturated rings. The molecule has 0 spiro atoms. The van der Waals surface area contributed by atoms with Crippen molar-refractivity contribution in [2.75, 3.05) is 61.0 Å². The second kappa shape index (κ2) is 17.3. The van der Waals surface area contributed by atoms with Gasteiger partial charge in [-0.25, -0.2) is 0 Å². The molecule has 8 heteroatoms. The van der Waals surface area contributed by atoms with Gasteiger partial charge in [0.25, 0.3) is 0 Å². The Kier molecular flexibility index (Phi) is 21.0. The van der Waals surface area contributed by atoms with E-state index in [9.17, 15) is 0 Å². The van der Waals surface area contributed by atoms with Crippen molar-refractivity contribution >= 4 is 44.7 Å². The van der Waals surface area contributed by atoms with E-state index in [1.165, 1.54) is 0 Å². The maximum absolute atomic E-state index is 5.43. The average molecular weight is 275 g/mol. The molecule has 0 heterocycles. The van der Waals surface area contributed by atoms with Crippen LogP contribution in [0.15, 0.2) is 0 Å². The van der Waals surface area contributed by atoms with Crippen molar-refractivity contribution in [3.8, 4) is 0 Å². The molecule has 0 aromatic rings. The third-order valence-corrected chi connectivity index (χ3v) is 3.15. The van der Waals surface area contributed by atoms with Crippen LogP contribution in [0.5, 0.6) is 0 Å². The summed E-state index contributed by atoms with van der Waals surface area (Å²) in [4.78, 5) is 0. The van der Waals surface area contributed by atoms with E-state index in [1.54, 1.807) is 21.3 Å². The molecular formula is C9H21AlNaO6. The minimum Gasteiger partial charge on any atom is -0.452 e. The van der Waals surface area contributed by atoms with Gasteiger partial charge in [0.2, 0.25) is 0 Å². The van der Waals surface area contributed by atoms with Gasteiger partial charge in [-0.15, -0.1) is 0 Å². The average Bonchev–Trinajstić information content (AvgIpc) is 2.29. The van der Waals surface area contributed by atoms with Gasteiger partial charge in [-0.2, -0.15) is 0 Å². The van der Waals surface area contributed by atoms with E-state index in [2.05, 4.69) is 0 Å². The molecule has 0 aliphatic carbocycles. The van der Waals surface area contributed by atoms with Gasteiger partial charge in [-0.3, -0.25) is 0 Å². The van der Waals surface area contributed by atoms with E-state index in [1.807, 2.05) is 0 Å². The predicted octanol–water partition coefficient (Wildman–Crippen LogP) is -0.420. The topological polar surface area (TPSA) is 55.4 Å². The third kappa shape index (κ3) is 15.2. The van der Waals surface area contributed by atoms with Crippen LogP contribution < -0.4 is 0 Å². The van der Waals surface area contributed by atoms with Crippen LogP contribution in [-0.4, -0.2) is 106 Å². The van der Waals surface area contributed by atoms with Crippen molar-refractivity contribution in [3.05, 3.63) is 0 Å². The number of hydrogen-bond acceptors (Lipinski definition) is 6. The molecular weight excluding hydrogens is 254 g/mol. The van der Waals surface area contributed by atoms with Crippen LogP contribution in [-0.2, 0) is 25.6 Å². The molecule has 0 aromatic heterocycles. The minimum atomic E-state index is -2.07. The number of ether oxygens (including phenoxy) is 3. The first kappa shape index (κ1) is 20.6. The first-order valence-electron chi connectivity index (χ1n) is 5.16. The monoisotopic (exact) mass is 275 g/mol. The molecule has 0 saturated carbocycles. The molecule has 0 rings (SSSR count). The van der Waals surface area contributed by atoms with E-state index in [-0.39, 0.29) is 29.6 Å². The molecule has 0 bridgehead atoms. The quantitative estimate of drug-likeness (QED) is 0.356. The first-order valence-corrected chi connectivity index (χ1v) is 6.58. The van der Waals surface area contributed by atoms with Crippen molar-refractivity contribution < 1.29 is 25.6 Å². The van der Waals surface area contributed by atoms with Gasteiger partial charge in [0.05, 0.1) is 19.8 Å². The maximum Gasteiger partial charge on any atom is 0.905 e. The van der Waals surface area contributed by atoms with E-state index < -0.39 is 15.1 Å². The molecule has 0 aliphatic rings. The van der Waals surface area contributed by atoms with Crippen molar-refractivity contribution in [1.29, 1.82) is 0 Å². The third-order valence-electron chi connectivity index (χ3n) is 1.62. The van der Waals surface area contributed by atoms with Gasteiger partial charge in [0.1, 0.15) is 0 Å². The standard InChI is InChI=1S/3C3H7O2.Al.Na/c3*1-5-3-2-4;;/h3*2-3H2,1H3;;/q3*-1;+3;. The molecule has 0 amide bonds. The van der Waals surface area contributed by atoms with Crippen LogP contribution in [0.4, 0.5) is 0 Å². The Morgan fingerprint density at radius 1 is 0.588 bits per heavy atom. The molecule has 6 nitrogen and oxygen atoms in total. The molecule has 17 heavy (non-hydrogen) atoms. The summed E-state index contributed by atoms with van der Waals surface area (Å²) < 4.78 is 30.9. The normalized spacial score (nSPS) is 10.1. The Balaban J connectivity index is 0. The van der Waals surface area contributed by atoms with Crippen LogP contribution in [0.25, 0.3) is 0 Å². The molecule has 0 aliphatic heterocycles. The van der Waals surface area contributed by atoms with Crippen LogP contribution >= 0.6 is 0 Å². The summed E-state index contributed by atoms with van der Waals surface area (Å²) in [6.45, 7) is 3.04. The summed E-state index contributed by atoms with van der Waals surface area (Å²) in [7, 11) is 4.87.